The standard InChI is InChI=1S/C22H25NO3S/c1-4-5-8-17-13-15-18(16-14-17)26-27(24,25)22-12-7-9-19-20(22)10-6-11-21(19)23(2)3/h6-7,9-16H,4-5,8H2,1-3H3. The average molecular weight is 384 g/mol. The lowest BCUT2D eigenvalue weighted by molar-refractivity contribution is 0.487. The summed E-state index contributed by atoms with van der Waals surface area (Å²) in [5.41, 5.74) is 2.15. The second kappa shape index (κ2) is 8.01. The Morgan fingerprint density at radius 1 is 0.889 bits per heavy atom. The first kappa shape index (κ1) is 19.2. The fourth-order valence-electron chi connectivity index (χ4n) is 3.14. The Hall–Kier alpha value is -2.53. The summed E-state index contributed by atoms with van der Waals surface area (Å²) in [5.74, 6) is 0.330. The molecule has 0 aliphatic carbocycles. The van der Waals surface area contributed by atoms with Crippen LogP contribution in [0.5, 0.6) is 5.75 Å². The van der Waals surface area contributed by atoms with Crippen molar-refractivity contribution in [2.75, 3.05) is 19.0 Å². The van der Waals surface area contributed by atoms with Crippen LogP contribution in [0.2, 0.25) is 0 Å². The minimum atomic E-state index is -3.93. The van der Waals surface area contributed by atoms with Gasteiger partial charge in [0.1, 0.15) is 10.6 Å². The molecule has 0 radical (unpaired) electrons. The van der Waals surface area contributed by atoms with E-state index in [9.17, 15) is 8.42 Å². The normalized spacial score (nSPS) is 11.5. The minimum absolute atomic E-state index is 0.179. The fraction of sp³-hybridized carbons (Fsp3) is 0.273. The van der Waals surface area contributed by atoms with Crippen LogP contribution >= 0.6 is 0 Å². The van der Waals surface area contributed by atoms with Gasteiger partial charge in [0.2, 0.25) is 0 Å². The molecular formula is C22H25NO3S. The minimum Gasteiger partial charge on any atom is -0.379 e. The highest BCUT2D eigenvalue weighted by atomic mass is 32.2. The monoisotopic (exact) mass is 383 g/mol. The Bertz CT molecular complexity index is 1030. The Labute approximate surface area is 161 Å². The van der Waals surface area contributed by atoms with Crippen LogP contribution in [0, 0.1) is 0 Å². The van der Waals surface area contributed by atoms with Gasteiger partial charge in [0.25, 0.3) is 0 Å². The van der Waals surface area contributed by atoms with Gasteiger partial charge in [-0.1, -0.05) is 49.7 Å². The number of anilines is 1. The van der Waals surface area contributed by atoms with Crippen molar-refractivity contribution in [2.45, 2.75) is 31.1 Å². The lowest BCUT2D eigenvalue weighted by Crippen LogP contribution is -2.12. The molecular weight excluding hydrogens is 358 g/mol. The number of hydrogen-bond donors (Lipinski definition) is 0. The molecule has 0 aliphatic heterocycles. The molecule has 3 rings (SSSR count). The highest BCUT2D eigenvalue weighted by Gasteiger charge is 2.20. The molecule has 0 amide bonds. The molecule has 0 N–H and O–H groups in total. The topological polar surface area (TPSA) is 46.6 Å². The van der Waals surface area contributed by atoms with Crippen LogP contribution in [-0.2, 0) is 16.5 Å². The zero-order valence-corrected chi connectivity index (χ0v) is 16.8. The second-order valence-corrected chi connectivity index (χ2v) is 8.32. The van der Waals surface area contributed by atoms with Gasteiger partial charge < -0.3 is 9.08 Å². The van der Waals surface area contributed by atoms with Gasteiger partial charge in [0, 0.05) is 30.6 Å². The van der Waals surface area contributed by atoms with E-state index in [4.69, 9.17) is 4.18 Å². The predicted octanol–water partition coefficient (Wildman–Crippen LogP) is 5.02. The van der Waals surface area contributed by atoms with Crippen LogP contribution in [0.4, 0.5) is 5.69 Å². The molecule has 0 saturated heterocycles. The maximum Gasteiger partial charge on any atom is 0.339 e. The summed E-state index contributed by atoms with van der Waals surface area (Å²) in [6.45, 7) is 2.15. The second-order valence-electron chi connectivity index (χ2n) is 6.81. The molecule has 5 heteroatoms. The molecule has 4 nitrogen and oxygen atoms in total. The molecule has 0 aliphatic rings. The third-order valence-electron chi connectivity index (χ3n) is 4.56. The molecule has 27 heavy (non-hydrogen) atoms. The number of fused-ring (bicyclic) bond motifs is 1. The van der Waals surface area contributed by atoms with Gasteiger partial charge in [-0.25, -0.2) is 0 Å². The third kappa shape index (κ3) is 4.25. The van der Waals surface area contributed by atoms with Gasteiger partial charge in [-0.2, -0.15) is 8.42 Å². The predicted molar refractivity (Wildman–Crippen MR) is 111 cm³/mol. The van der Waals surface area contributed by atoms with Crippen LogP contribution in [-0.4, -0.2) is 22.5 Å². The Morgan fingerprint density at radius 2 is 1.56 bits per heavy atom. The van der Waals surface area contributed by atoms with E-state index >= 15 is 0 Å². The zero-order chi connectivity index (χ0) is 19.4. The van der Waals surface area contributed by atoms with Gasteiger partial charge in [0.05, 0.1) is 0 Å². The van der Waals surface area contributed by atoms with Gasteiger partial charge in [-0.3, -0.25) is 0 Å². The summed E-state index contributed by atoms with van der Waals surface area (Å²) < 4.78 is 31.3. The summed E-state index contributed by atoms with van der Waals surface area (Å²) in [4.78, 5) is 2.15. The summed E-state index contributed by atoms with van der Waals surface area (Å²) in [7, 11) is -0.0566. The number of nitrogens with zero attached hydrogens (tertiary/aromatic N) is 1. The molecule has 142 valence electrons. The first-order valence-corrected chi connectivity index (χ1v) is 10.6. The first-order valence-electron chi connectivity index (χ1n) is 9.15. The van der Waals surface area contributed by atoms with Crippen molar-refractivity contribution in [2.24, 2.45) is 0 Å². The molecule has 0 spiro atoms. The Kier molecular flexibility index (Phi) is 5.71. The van der Waals surface area contributed by atoms with Gasteiger partial charge in [0.15, 0.2) is 0 Å². The van der Waals surface area contributed by atoms with Crippen LogP contribution < -0.4 is 9.08 Å². The quantitative estimate of drug-likeness (QED) is 0.538. The smallest absolute Gasteiger partial charge is 0.339 e. The highest BCUT2D eigenvalue weighted by Crippen LogP contribution is 2.31. The van der Waals surface area contributed by atoms with Crippen molar-refractivity contribution < 1.29 is 12.6 Å². The van der Waals surface area contributed by atoms with E-state index in [-0.39, 0.29) is 4.90 Å². The van der Waals surface area contributed by atoms with Crippen LogP contribution in [0.1, 0.15) is 25.3 Å². The van der Waals surface area contributed by atoms with E-state index in [0.717, 1.165) is 30.3 Å². The van der Waals surface area contributed by atoms with Crippen LogP contribution in [0.3, 0.4) is 0 Å². The molecule has 0 heterocycles. The van der Waals surface area contributed by atoms with Gasteiger partial charge in [-0.05, 0) is 42.7 Å². The van der Waals surface area contributed by atoms with E-state index in [0.29, 0.717) is 11.1 Å². The zero-order valence-electron chi connectivity index (χ0n) is 16.0. The van der Waals surface area contributed by atoms with Crippen molar-refractivity contribution in [3.05, 3.63) is 66.2 Å². The number of benzene rings is 3. The summed E-state index contributed by atoms with van der Waals surface area (Å²) >= 11 is 0. The number of unbranched alkanes of at least 4 members (excludes halogenated alkanes) is 1. The first-order chi connectivity index (χ1) is 12.9. The molecule has 0 unspecified atom stereocenters. The molecule has 0 saturated carbocycles. The Morgan fingerprint density at radius 3 is 2.22 bits per heavy atom. The maximum absolute atomic E-state index is 12.9. The fourth-order valence-corrected chi connectivity index (χ4v) is 4.28. The van der Waals surface area contributed by atoms with E-state index in [1.54, 1.807) is 24.3 Å². The summed E-state index contributed by atoms with van der Waals surface area (Å²) in [5, 5.41) is 1.53. The number of aryl methyl sites for hydroxylation is 1. The largest absolute Gasteiger partial charge is 0.379 e. The summed E-state index contributed by atoms with van der Waals surface area (Å²) in [6.07, 6.45) is 3.23. The molecule has 0 fully saturated rings. The molecule has 3 aromatic carbocycles. The van der Waals surface area contributed by atoms with Crippen molar-refractivity contribution in [3.63, 3.8) is 0 Å². The lowest BCUT2D eigenvalue weighted by atomic mass is 10.1. The van der Waals surface area contributed by atoms with Gasteiger partial charge >= 0.3 is 10.1 Å². The summed E-state index contributed by atoms with van der Waals surface area (Å²) in [6, 6.07) is 18.2. The van der Waals surface area contributed by atoms with Crippen molar-refractivity contribution in [1.29, 1.82) is 0 Å². The maximum atomic E-state index is 12.9. The number of hydrogen-bond acceptors (Lipinski definition) is 4. The van der Waals surface area contributed by atoms with Crippen molar-refractivity contribution in [1.82, 2.24) is 0 Å². The molecule has 0 atom stereocenters. The molecule has 3 aromatic rings. The third-order valence-corrected chi connectivity index (χ3v) is 5.87. The number of rotatable bonds is 7. The SMILES string of the molecule is CCCCc1ccc(OS(=O)(=O)c2cccc3c(N(C)C)cccc23)cc1. The van der Waals surface area contributed by atoms with Crippen molar-refractivity contribution in [3.8, 4) is 5.75 Å². The van der Waals surface area contributed by atoms with E-state index in [1.807, 2.05) is 55.4 Å². The van der Waals surface area contributed by atoms with Crippen LogP contribution in [0.25, 0.3) is 10.8 Å². The van der Waals surface area contributed by atoms with E-state index < -0.39 is 10.1 Å². The van der Waals surface area contributed by atoms with Crippen LogP contribution in [0.15, 0.2) is 65.6 Å². The Balaban J connectivity index is 1.94. The average Bonchev–Trinajstić information content (AvgIpc) is 2.66. The molecule has 0 bridgehead atoms. The lowest BCUT2D eigenvalue weighted by Gasteiger charge is -2.17. The van der Waals surface area contributed by atoms with Gasteiger partial charge in [-0.15, -0.1) is 0 Å². The molecule has 0 aromatic heterocycles. The van der Waals surface area contributed by atoms with Crippen molar-refractivity contribution >= 4 is 26.6 Å². The van der Waals surface area contributed by atoms with E-state index in [1.165, 1.54) is 5.56 Å². The van der Waals surface area contributed by atoms with E-state index in [2.05, 4.69) is 6.92 Å². The highest BCUT2D eigenvalue weighted by molar-refractivity contribution is 7.87.